The molecule has 0 atom stereocenters. The van der Waals surface area contributed by atoms with E-state index in [2.05, 4.69) is 26.6 Å². The molecule has 0 aliphatic rings. The van der Waals surface area contributed by atoms with Gasteiger partial charge in [-0.2, -0.15) is 0 Å². The van der Waals surface area contributed by atoms with E-state index < -0.39 is 0 Å². The standard InChI is InChI=1S/C14H19BrN2O2S/c1-8(2)16-14(20)17-13(18)10-5-6-12(11(15)7-10)19-9(3)4/h5-9H,1-4H3,(H2,16,17,18,20). The lowest BCUT2D eigenvalue weighted by Crippen LogP contribution is -2.42. The van der Waals surface area contributed by atoms with E-state index in [1.54, 1.807) is 18.2 Å². The molecule has 110 valence electrons. The largest absolute Gasteiger partial charge is 0.490 e. The van der Waals surface area contributed by atoms with Crippen molar-refractivity contribution in [1.29, 1.82) is 0 Å². The Morgan fingerprint density at radius 2 is 1.95 bits per heavy atom. The molecule has 0 heterocycles. The number of nitrogens with one attached hydrogen (secondary N) is 2. The highest BCUT2D eigenvalue weighted by molar-refractivity contribution is 9.10. The first kappa shape index (κ1) is 16.9. The monoisotopic (exact) mass is 358 g/mol. The van der Waals surface area contributed by atoms with Gasteiger partial charge in [-0.1, -0.05) is 0 Å². The van der Waals surface area contributed by atoms with E-state index in [4.69, 9.17) is 17.0 Å². The highest BCUT2D eigenvalue weighted by atomic mass is 79.9. The van der Waals surface area contributed by atoms with Crippen molar-refractivity contribution in [3.05, 3.63) is 28.2 Å². The van der Waals surface area contributed by atoms with E-state index >= 15 is 0 Å². The minimum absolute atomic E-state index is 0.0776. The summed E-state index contributed by atoms with van der Waals surface area (Å²) in [6.45, 7) is 7.80. The Bertz CT molecular complexity index is 504. The van der Waals surface area contributed by atoms with Crippen LogP contribution in [0.5, 0.6) is 5.75 Å². The van der Waals surface area contributed by atoms with Crippen molar-refractivity contribution in [3.63, 3.8) is 0 Å². The first-order valence-electron chi connectivity index (χ1n) is 6.37. The van der Waals surface area contributed by atoms with Crippen LogP contribution in [0, 0.1) is 0 Å². The summed E-state index contributed by atoms with van der Waals surface area (Å²) >= 11 is 8.44. The zero-order valence-corrected chi connectivity index (χ0v) is 14.4. The molecule has 2 N–H and O–H groups in total. The Hall–Kier alpha value is -1.14. The molecule has 0 aliphatic carbocycles. The number of halogens is 1. The summed E-state index contributed by atoms with van der Waals surface area (Å²) in [5.41, 5.74) is 0.515. The van der Waals surface area contributed by atoms with Crippen LogP contribution in [0.15, 0.2) is 22.7 Å². The smallest absolute Gasteiger partial charge is 0.257 e. The van der Waals surface area contributed by atoms with Crippen LogP contribution in [0.2, 0.25) is 0 Å². The molecular weight excluding hydrogens is 340 g/mol. The molecule has 1 rings (SSSR count). The average Bonchev–Trinajstić information content (AvgIpc) is 2.29. The Morgan fingerprint density at radius 3 is 2.45 bits per heavy atom. The first-order valence-corrected chi connectivity index (χ1v) is 7.57. The van der Waals surface area contributed by atoms with Gasteiger partial charge in [0.05, 0.1) is 10.6 Å². The number of rotatable bonds is 4. The maximum absolute atomic E-state index is 12.0. The quantitative estimate of drug-likeness (QED) is 0.811. The molecule has 0 fully saturated rings. The maximum Gasteiger partial charge on any atom is 0.257 e. The van der Waals surface area contributed by atoms with Crippen molar-refractivity contribution in [2.75, 3.05) is 0 Å². The van der Waals surface area contributed by atoms with Crippen LogP contribution in [0.3, 0.4) is 0 Å². The van der Waals surface area contributed by atoms with Gasteiger partial charge in [0, 0.05) is 11.6 Å². The summed E-state index contributed by atoms with van der Waals surface area (Å²) in [5.74, 6) is 0.458. The lowest BCUT2D eigenvalue weighted by Gasteiger charge is -2.14. The molecule has 20 heavy (non-hydrogen) atoms. The van der Waals surface area contributed by atoms with Crippen molar-refractivity contribution in [2.45, 2.75) is 39.8 Å². The van der Waals surface area contributed by atoms with Crippen LogP contribution in [0.4, 0.5) is 0 Å². The molecule has 4 nitrogen and oxygen atoms in total. The van der Waals surface area contributed by atoms with Gasteiger partial charge in [-0.15, -0.1) is 0 Å². The van der Waals surface area contributed by atoms with Gasteiger partial charge < -0.3 is 10.1 Å². The molecule has 0 spiro atoms. The Labute approximate surface area is 133 Å². The lowest BCUT2D eigenvalue weighted by atomic mass is 10.2. The average molecular weight is 359 g/mol. The fourth-order valence-corrected chi connectivity index (χ4v) is 2.27. The Balaban J connectivity index is 2.75. The third-order valence-corrected chi connectivity index (χ3v) is 3.04. The topological polar surface area (TPSA) is 50.4 Å². The fraction of sp³-hybridized carbons (Fsp3) is 0.429. The SMILES string of the molecule is CC(C)NC(=S)NC(=O)c1ccc(OC(C)C)c(Br)c1. The van der Waals surface area contributed by atoms with E-state index in [0.29, 0.717) is 16.4 Å². The highest BCUT2D eigenvalue weighted by Gasteiger charge is 2.11. The summed E-state index contributed by atoms with van der Waals surface area (Å²) in [6, 6.07) is 5.36. The van der Waals surface area contributed by atoms with Crippen molar-refractivity contribution in [1.82, 2.24) is 10.6 Å². The second-order valence-corrected chi connectivity index (χ2v) is 6.16. The number of hydrogen-bond donors (Lipinski definition) is 2. The predicted octanol–water partition coefficient (Wildman–Crippen LogP) is 3.25. The van der Waals surface area contributed by atoms with E-state index in [1.165, 1.54) is 0 Å². The maximum atomic E-state index is 12.0. The molecule has 0 radical (unpaired) electrons. The second-order valence-electron chi connectivity index (χ2n) is 4.89. The van der Waals surface area contributed by atoms with Crippen LogP contribution >= 0.6 is 28.1 Å². The molecule has 1 aromatic rings. The van der Waals surface area contributed by atoms with Gasteiger partial charge in [-0.25, -0.2) is 0 Å². The third-order valence-electron chi connectivity index (χ3n) is 2.20. The molecule has 1 amide bonds. The molecular formula is C14H19BrN2O2S. The fourth-order valence-electron chi connectivity index (χ4n) is 1.47. The van der Waals surface area contributed by atoms with Gasteiger partial charge >= 0.3 is 0 Å². The number of carbonyl (C=O) groups is 1. The predicted molar refractivity (Wildman–Crippen MR) is 88.2 cm³/mol. The molecule has 0 saturated carbocycles. The van der Waals surface area contributed by atoms with Gasteiger partial charge in [-0.05, 0) is 74.0 Å². The number of ether oxygens (including phenoxy) is 1. The van der Waals surface area contributed by atoms with Crippen LogP contribution in [-0.2, 0) is 0 Å². The van der Waals surface area contributed by atoms with Crippen LogP contribution < -0.4 is 15.4 Å². The summed E-state index contributed by atoms with van der Waals surface area (Å²) in [4.78, 5) is 12.0. The molecule has 0 aliphatic heterocycles. The zero-order chi connectivity index (χ0) is 15.3. The van der Waals surface area contributed by atoms with Gasteiger partial charge in [0.25, 0.3) is 5.91 Å². The van der Waals surface area contributed by atoms with Crippen molar-refractivity contribution in [2.24, 2.45) is 0 Å². The number of thiocarbonyl (C=S) groups is 1. The molecule has 0 aromatic heterocycles. The molecule has 0 saturated heterocycles. The molecule has 0 bridgehead atoms. The Morgan fingerprint density at radius 1 is 1.30 bits per heavy atom. The minimum atomic E-state index is -0.250. The summed E-state index contributed by atoms with van der Waals surface area (Å²) < 4.78 is 6.33. The number of benzene rings is 1. The van der Waals surface area contributed by atoms with Gasteiger partial charge in [0.1, 0.15) is 5.75 Å². The van der Waals surface area contributed by atoms with E-state index in [-0.39, 0.29) is 18.1 Å². The normalized spacial score (nSPS) is 10.6. The third kappa shape index (κ3) is 5.46. The molecule has 1 aromatic carbocycles. The summed E-state index contributed by atoms with van der Waals surface area (Å²) in [7, 11) is 0. The number of carbonyl (C=O) groups excluding carboxylic acids is 1. The minimum Gasteiger partial charge on any atom is -0.490 e. The van der Waals surface area contributed by atoms with Crippen molar-refractivity contribution in [3.8, 4) is 5.75 Å². The highest BCUT2D eigenvalue weighted by Crippen LogP contribution is 2.26. The summed E-state index contributed by atoms with van der Waals surface area (Å²) in [6.07, 6.45) is 0.0776. The van der Waals surface area contributed by atoms with Gasteiger partial charge in [-0.3, -0.25) is 10.1 Å². The van der Waals surface area contributed by atoms with Gasteiger partial charge in [0.15, 0.2) is 5.11 Å². The Kier molecular flexibility index (Phi) is 6.42. The van der Waals surface area contributed by atoms with Crippen molar-refractivity contribution < 1.29 is 9.53 Å². The van der Waals surface area contributed by atoms with Gasteiger partial charge in [0.2, 0.25) is 0 Å². The molecule has 6 heteroatoms. The molecule has 0 unspecified atom stereocenters. The first-order chi connectivity index (χ1) is 9.29. The van der Waals surface area contributed by atoms with Crippen molar-refractivity contribution >= 4 is 39.2 Å². The number of hydrogen-bond acceptors (Lipinski definition) is 3. The second kappa shape index (κ2) is 7.59. The lowest BCUT2D eigenvalue weighted by molar-refractivity contribution is 0.0976. The number of amides is 1. The van der Waals surface area contributed by atoms with E-state index in [0.717, 1.165) is 4.47 Å². The van der Waals surface area contributed by atoms with E-state index in [9.17, 15) is 4.79 Å². The zero-order valence-electron chi connectivity index (χ0n) is 12.0. The summed E-state index contributed by atoms with van der Waals surface area (Å²) in [5, 5.41) is 5.92. The van der Waals surface area contributed by atoms with Crippen LogP contribution in [0.1, 0.15) is 38.1 Å². The van der Waals surface area contributed by atoms with E-state index in [1.807, 2.05) is 27.7 Å². The van der Waals surface area contributed by atoms with Crippen LogP contribution in [0.25, 0.3) is 0 Å². The van der Waals surface area contributed by atoms with Crippen LogP contribution in [-0.4, -0.2) is 23.2 Å².